The van der Waals surface area contributed by atoms with Crippen LogP contribution in [0.1, 0.15) is 20.3 Å². The molecule has 0 amide bonds. The van der Waals surface area contributed by atoms with Crippen LogP contribution in [0.15, 0.2) is 36.0 Å². The van der Waals surface area contributed by atoms with Gasteiger partial charge in [-0.2, -0.15) is 0 Å². The van der Waals surface area contributed by atoms with E-state index >= 15 is 0 Å². The summed E-state index contributed by atoms with van der Waals surface area (Å²) in [5, 5.41) is 0. The fourth-order valence-corrected chi connectivity index (χ4v) is 2.73. The maximum Gasteiger partial charge on any atom is 0.330 e. The van der Waals surface area contributed by atoms with Crippen molar-refractivity contribution in [1.82, 2.24) is 0 Å². The van der Waals surface area contributed by atoms with Gasteiger partial charge in [-0.1, -0.05) is 25.2 Å². The Hall–Kier alpha value is -1.64. The molecule has 0 aromatic heterocycles. The molecule has 3 heteroatoms. The number of rotatable bonds is 3. The van der Waals surface area contributed by atoms with Crippen molar-refractivity contribution in [2.75, 3.05) is 6.61 Å². The Kier molecular flexibility index (Phi) is 3.80. The van der Waals surface area contributed by atoms with Crippen LogP contribution in [-0.4, -0.2) is 18.4 Å². The molecule has 0 radical (unpaired) electrons. The number of carbonyl (C=O) groups excluding carboxylic acids is 2. The zero-order valence-electron chi connectivity index (χ0n) is 10.8. The SMILES string of the molecule is CCOC(=O)/C=C1/[C@H]2C=C[C@H](C=CC2=O)[C@H]1CC. The zero-order valence-corrected chi connectivity index (χ0v) is 10.8. The number of ketones is 1. The number of allylic oxidation sites excluding steroid dienone is 5. The molecule has 0 N–H and O–H groups in total. The Morgan fingerprint density at radius 1 is 1.33 bits per heavy atom. The zero-order chi connectivity index (χ0) is 13.1. The molecular formula is C15H18O3. The summed E-state index contributed by atoms with van der Waals surface area (Å²) in [4.78, 5) is 23.6. The predicted molar refractivity (Wildman–Crippen MR) is 68.8 cm³/mol. The third kappa shape index (κ3) is 2.30. The fraction of sp³-hybridized carbons (Fsp3) is 0.467. The highest BCUT2D eigenvalue weighted by molar-refractivity contribution is 5.97. The highest BCUT2D eigenvalue weighted by Crippen LogP contribution is 2.39. The number of hydrogen-bond acceptors (Lipinski definition) is 3. The van der Waals surface area contributed by atoms with Gasteiger partial charge in [0, 0.05) is 12.0 Å². The summed E-state index contributed by atoms with van der Waals surface area (Å²) < 4.78 is 4.95. The van der Waals surface area contributed by atoms with Crippen molar-refractivity contribution in [2.45, 2.75) is 20.3 Å². The van der Waals surface area contributed by atoms with Crippen molar-refractivity contribution in [1.29, 1.82) is 0 Å². The largest absolute Gasteiger partial charge is 0.463 e. The third-order valence-corrected chi connectivity index (χ3v) is 3.58. The highest BCUT2D eigenvalue weighted by atomic mass is 16.5. The summed E-state index contributed by atoms with van der Waals surface area (Å²) in [7, 11) is 0. The van der Waals surface area contributed by atoms with E-state index in [1.165, 1.54) is 6.08 Å². The molecule has 0 heterocycles. The van der Waals surface area contributed by atoms with E-state index in [2.05, 4.69) is 13.0 Å². The van der Waals surface area contributed by atoms with Gasteiger partial charge in [-0.15, -0.1) is 0 Å². The van der Waals surface area contributed by atoms with Crippen molar-refractivity contribution >= 4 is 11.8 Å². The second kappa shape index (κ2) is 5.34. The Morgan fingerprint density at radius 2 is 2.11 bits per heavy atom. The fourth-order valence-electron chi connectivity index (χ4n) is 2.73. The average molecular weight is 246 g/mol. The normalized spacial score (nSPS) is 31.8. The van der Waals surface area contributed by atoms with Gasteiger partial charge in [-0.3, -0.25) is 4.79 Å². The highest BCUT2D eigenvalue weighted by Gasteiger charge is 2.34. The number of hydrogen-bond donors (Lipinski definition) is 0. The lowest BCUT2D eigenvalue weighted by atomic mass is 9.74. The summed E-state index contributed by atoms with van der Waals surface area (Å²) in [6.07, 6.45) is 9.99. The van der Waals surface area contributed by atoms with Crippen molar-refractivity contribution in [2.24, 2.45) is 17.8 Å². The molecule has 3 aliphatic carbocycles. The van der Waals surface area contributed by atoms with Gasteiger partial charge < -0.3 is 4.74 Å². The molecule has 3 nitrogen and oxygen atoms in total. The standard InChI is InChI=1S/C15H18O3/c1-3-11-10-5-7-12(14(16)8-6-10)13(11)9-15(17)18-4-2/h5-12H,3-4H2,1-2H3/b13-9+/t10-,11-,12-/m1/s1. The summed E-state index contributed by atoms with van der Waals surface area (Å²) in [6, 6.07) is 0. The van der Waals surface area contributed by atoms with Crippen molar-refractivity contribution in [3.63, 3.8) is 0 Å². The molecule has 2 bridgehead atoms. The first-order chi connectivity index (χ1) is 8.67. The second-order valence-electron chi connectivity index (χ2n) is 4.61. The molecule has 0 aliphatic heterocycles. The molecule has 3 atom stereocenters. The van der Waals surface area contributed by atoms with E-state index in [-0.39, 0.29) is 29.5 Å². The first-order valence-electron chi connectivity index (χ1n) is 6.46. The van der Waals surface area contributed by atoms with E-state index in [1.54, 1.807) is 13.0 Å². The minimum absolute atomic E-state index is 0.0558. The topological polar surface area (TPSA) is 43.4 Å². The Balaban J connectivity index is 2.36. The first kappa shape index (κ1) is 12.8. The van der Waals surface area contributed by atoms with Crippen molar-refractivity contribution in [3.05, 3.63) is 36.0 Å². The monoisotopic (exact) mass is 246 g/mol. The molecule has 3 aliphatic rings. The molecule has 0 fully saturated rings. The van der Waals surface area contributed by atoms with Crippen LogP contribution < -0.4 is 0 Å². The molecular weight excluding hydrogens is 228 g/mol. The van der Waals surface area contributed by atoms with E-state index in [0.717, 1.165) is 12.0 Å². The van der Waals surface area contributed by atoms with Gasteiger partial charge in [0.2, 0.25) is 0 Å². The van der Waals surface area contributed by atoms with Crippen LogP contribution in [0.2, 0.25) is 0 Å². The maximum absolute atomic E-state index is 12.0. The number of fused-ring (bicyclic) bond motifs is 2. The summed E-state index contributed by atoms with van der Waals surface area (Å²) in [6.45, 7) is 4.21. The van der Waals surface area contributed by atoms with E-state index in [9.17, 15) is 9.59 Å². The molecule has 0 saturated carbocycles. The Bertz CT molecular complexity index is 443. The van der Waals surface area contributed by atoms with Gasteiger partial charge >= 0.3 is 5.97 Å². The van der Waals surface area contributed by atoms with E-state index in [0.29, 0.717) is 6.61 Å². The molecule has 0 aromatic rings. The molecule has 0 saturated heterocycles. The van der Waals surface area contributed by atoms with Gasteiger partial charge in [-0.05, 0) is 30.9 Å². The molecule has 0 spiro atoms. The summed E-state index contributed by atoms with van der Waals surface area (Å²) in [5.41, 5.74) is 0.901. The first-order valence-corrected chi connectivity index (χ1v) is 6.46. The van der Waals surface area contributed by atoms with Gasteiger partial charge in [0.25, 0.3) is 0 Å². The average Bonchev–Trinajstić information content (AvgIpc) is 2.59. The van der Waals surface area contributed by atoms with Gasteiger partial charge in [0.15, 0.2) is 5.78 Å². The van der Waals surface area contributed by atoms with Crippen LogP contribution in [0.4, 0.5) is 0 Å². The van der Waals surface area contributed by atoms with E-state index in [1.807, 2.05) is 12.2 Å². The minimum Gasteiger partial charge on any atom is -0.463 e. The lowest BCUT2D eigenvalue weighted by Gasteiger charge is -2.29. The predicted octanol–water partition coefficient (Wildman–Crippen LogP) is 2.44. The molecule has 96 valence electrons. The lowest BCUT2D eigenvalue weighted by Crippen LogP contribution is -2.24. The second-order valence-corrected chi connectivity index (χ2v) is 4.61. The summed E-state index contributed by atoms with van der Waals surface area (Å²) >= 11 is 0. The Labute approximate surface area is 107 Å². The maximum atomic E-state index is 12.0. The Morgan fingerprint density at radius 3 is 2.78 bits per heavy atom. The molecule has 0 aromatic carbocycles. The molecule has 0 unspecified atom stereocenters. The third-order valence-electron chi connectivity index (χ3n) is 3.58. The van der Waals surface area contributed by atoms with Crippen LogP contribution in [0.3, 0.4) is 0 Å². The van der Waals surface area contributed by atoms with Crippen LogP contribution in [0.5, 0.6) is 0 Å². The smallest absolute Gasteiger partial charge is 0.330 e. The minimum atomic E-state index is -0.347. The van der Waals surface area contributed by atoms with Crippen molar-refractivity contribution < 1.29 is 14.3 Å². The molecule has 18 heavy (non-hydrogen) atoms. The molecule has 3 rings (SSSR count). The lowest BCUT2D eigenvalue weighted by molar-refractivity contribution is -0.137. The van der Waals surface area contributed by atoms with Crippen LogP contribution in [-0.2, 0) is 14.3 Å². The van der Waals surface area contributed by atoms with Gasteiger partial charge in [-0.25, -0.2) is 4.79 Å². The van der Waals surface area contributed by atoms with Crippen LogP contribution in [0.25, 0.3) is 0 Å². The van der Waals surface area contributed by atoms with Gasteiger partial charge in [0.05, 0.1) is 12.5 Å². The quantitative estimate of drug-likeness (QED) is 0.436. The van der Waals surface area contributed by atoms with Gasteiger partial charge in [0.1, 0.15) is 0 Å². The van der Waals surface area contributed by atoms with Crippen LogP contribution in [0, 0.1) is 17.8 Å². The number of ether oxygens (including phenoxy) is 1. The van der Waals surface area contributed by atoms with E-state index in [4.69, 9.17) is 4.74 Å². The number of esters is 1. The summed E-state index contributed by atoms with van der Waals surface area (Å²) in [5.74, 6) is -0.125. The van der Waals surface area contributed by atoms with Crippen molar-refractivity contribution in [3.8, 4) is 0 Å². The van der Waals surface area contributed by atoms with E-state index < -0.39 is 0 Å². The number of carbonyl (C=O) groups is 2. The van der Waals surface area contributed by atoms with Crippen LogP contribution >= 0.6 is 0 Å².